The quantitative estimate of drug-likeness (QED) is 0.877. The minimum atomic E-state index is 0.0390. The van der Waals surface area contributed by atoms with Gasteiger partial charge in [0.25, 0.3) is 0 Å². The van der Waals surface area contributed by atoms with Crippen LogP contribution in [0.15, 0.2) is 58.5 Å². The third-order valence-corrected chi connectivity index (χ3v) is 3.71. The molecule has 3 rings (SSSR count). The summed E-state index contributed by atoms with van der Waals surface area (Å²) in [5, 5.41) is 10.3. The van der Waals surface area contributed by atoms with Gasteiger partial charge in [0.2, 0.25) is 0 Å². The van der Waals surface area contributed by atoms with Crippen molar-refractivity contribution >= 4 is 23.1 Å². The highest BCUT2D eigenvalue weighted by Gasteiger charge is 2.19. The van der Waals surface area contributed by atoms with Crippen LogP contribution in [0.5, 0.6) is 5.75 Å². The fourth-order valence-corrected chi connectivity index (χ4v) is 2.60. The lowest BCUT2D eigenvalue weighted by Gasteiger charge is -2.20. The number of phenolic OH excluding ortho intramolecular Hbond substituents is 1. The summed E-state index contributed by atoms with van der Waals surface area (Å²) >= 11 is 5.93. The number of nitrogens with zero attached hydrogens (tertiary/aromatic N) is 2. The molecule has 1 heterocycles. The summed E-state index contributed by atoms with van der Waals surface area (Å²) in [6, 6.07) is 15.0. The molecule has 2 aromatic carbocycles. The highest BCUT2D eigenvalue weighted by molar-refractivity contribution is 6.30. The number of halogens is 1. The minimum absolute atomic E-state index is 0.0390. The predicted molar refractivity (Wildman–Crippen MR) is 86.6 cm³/mol. The first kappa shape index (κ1) is 13.8. The summed E-state index contributed by atoms with van der Waals surface area (Å²) in [7, 11) is 0. The lowest BCUT2D eigenvalue weighted by Crippen LogP contribution is -2.15. The van der Waals surface area contributed by atoms with Gasteiger partial charge >= 0.3 is 0 Å². The van der Waals surface area contributed by atoms with Crippen LogP contribution in [-0.4, -0.2) is 16.7 Å². The third kappa shape index (κ3) is 3.14. The van der Waals surface area contributed by atoms with E-state index >= 15 is 0 Å². The first-order chi connectivity index (χ1) is 10.1. The summed E-state index contributed by atoms with van der Waals surface area (Å²) in [6.45, 7) is 1.89. The standard InChI is InChI=1S/C17H15ClN2O/c1-11-19-16(12-5-7-14(18)8-6-12)10-17(20-11)13-3-2-4-15(21)9-13/h2-9,16,21H,10H2,1H3. The second kappa shape index (κ2) is 5.70. The van der Waals surface area contributed by atoms with Crippen molar-refractivity contribution in [1.82, 2.24) is 0 Å². The SMILES string of the molecule is CC1=NC(c2ccc(Cl)cc2)CC(c2cccc(O)c2)=N1. The van der Waals surface area contributed by atoms with Gasteiger partial charge < -0.3 is 5.11 Å². The summed E-state index contributed by atoms with van der Waals surface area (Å²) in [4.78, 5) is 9.12. The molecule has 4 heteroatoms. The largest absolute Gasteiger partial charge is 0.508 e. The van der Waals surface area contributed by atoms with Gasteiger partial charge in [-0.3, -0.25) is 4.99 Å². The average Bonchev–Trinajstić information content (AvgIpc) is 2.47. The van der Waals surface area contributed by atoms with Gasteiger partial charge in [0.05, 0.1) is 11.8 Å². The molecule has 1 atom stereocenters. The Morgan fingerprint density at radius 2 is 1.90 bits per heavy atom. The molecule has 1 aliphatic heterocycles. The van der Waals surface area contributed by atoms with Gasteiger partial charge in [0.1, 0.15) is 11.6 Å². The van der Waals surface area contributed by atoms with Crippen LogP contribution in [0.25, 0.3) is 0 Å². The second-order valence-corrected chi connectivity index (χ2v) is 5.49. The molecule has 0 spiro atoms. The zero-order valence-corrected chi connectivity index (χ0v) is 12.4. The Kier molecular flexibility index (Phi) is 3.76. The first-order valence-corrected chi connectivity index (χ1v) is 7.16. The van der Waals surface area contributed by atoms with Crippen LogP contribution in [0, 0.1) is 0 Å². The van der Waals surface area contributed by atoms with E-state index in [0.717, 1.165) is 27.7 Å². The van der Waals surface area contributed by atoms with Crippen LogP contribution in [0.4, 0.5) is 0 Å². The van der Waals surface area contributed by atoms with Crippen LogP contribution in [0.3, 0.4) is 0 Å². The van der Waals surface area contributed by atoms with E-state index in [-0.39, 0.29) is 11.8 Å². The molecule has 1 unspecified atom stereocenters. The molecule has 2 aromatic rings. The molecule has 1 aliphatic rings. The van der Waals surface area contributed by atoms with Crippen LogP contribution in [-0.2, 0) is 0 Å². The van der Waals surface area contributed by atoms with E-state index in [1.165, 1.54) is 0 Å². The Labute approximate surface area is 128 Å². The van der Waals surface area contributed by atoms with Crippen LogP contribution >= 0.6 is 11.6 Å². The maximum atomic E-state index is 9.62. The lowest BCUT2D eigenvalue weighted by atomic mass is 9.96. The Balaban J connectivity index is 1.92. The number of aromatic hydroxyl groups is 1. The van der Waals surface area contributed by atoms with Gasteiger partial charge in [-0.1, -0.05) is 35.9 Å². The molecule has 0 aromatic heterocycles. The molecule has 0 radical (unpaired) electrons. The number of amidine groups is 1. The molecule has 0 saturated heterocycles. The zero-order chi connectivity index (χ0) is 14.8. The number of aliphatic imine (C=N–C) groups is 2. The van der Waals surface area contributed by atoms with E-state index in [4.69, 9.17) is 11.6 Å². The van der Waals surface area contributed by atoms with Crippen molar-refractivity contribution in [2.45, 2.75) is 19.4 Å². The second-order valence-electron chi connectivity index (χ2n) is 5.06. The van der Waals surface area contributed by atoms with Crippen molar-refractivity contribution in [3.63, 3.8) is 0 Å². The van der Waals surface area contributed by atoms with E-state index in [2.05, 4.69) is 9.98 Å². The van der Waals surface area contributed by atoms with Crippen molar-refractivity contribution in [1.29, 1.82) is 0 Å². The molecule has 106 valence electrons. The Bertz CT molecular complexity index is 720. The van der Waals surface area contributed by atoms with Gasteiger partial charge in [-0.05, 0) is 42.3 Å². The maximum Gasteiger partial charge on any atom is 0.121 e. The molecule has 0 amide bonds. The number of hydrogen-bond donors (Lipinski definition) is 1. The molecular formula is C17H15ClN2O. The number of phenols is 1. The van der Waals surface area contributed by atoms with Gasteiger partial charge in [0, 0.05) is 11.4 Å². The lowest BCUT2D eigenvalue weighted by molar-refractivity contribution is 0.475. The van der Waals surface area contributed by atoms with Gasteiger partial charge in [-0.25, -0.2) is 4.99 Å². The van der Waals surface area contributed by atoms with E-state index in [1.807, 2.05) is 43.3 Å². The van der Waals surface area contributed by atoms with E-state index in [0.29, 0.717) is 6.42 Å². The van der Waals surface area contributed by atoms with Crippen molar-refractivity contribution < 1.29 is 5.11 Å². The minimum Gasteiger partial charge on any atom is -0.508 e. The maximum absolute atomic E-state index is 9.62. The predicted octanol–water partition coefficient (Wildman–Crippen LogP) is 4.40. The zero-order valence-electron chi connectivity index (χ0n) is 11.6. The Morgan fingerprint density at radius 3 is 2.62 bits per heavy atom. The van der Waals surface area contributed by atoms with Gasteiger partial charge in [0.15, 0.2) is 0 Å². The van der Waals surface area contributed by atoms with Crippen LogP contribution < -0.4 is 0 Å². The molecule has 3 nitrogen and oxygen atoms in total. The highest BCUT2D eigenvalue weighted by atomic mass is 35.5. The number of hydrogen-bond acceptors (Lipinski definition) is 3. The molecule has 0 aliphatic carbocycles. The van der Waals surface area contributed by atoms with E-state index in [9.17, 15) is 5.11 Å². The monoisotopic (exact) mass is 298 g/mol. The van der Waals surface area contributed by atoms with Gasteiger partial charge in [-0.15, -0.1) is 0 Å². The molecule has 0 bridgehead atoms. The third-order valence-electron chi connectivity index (χ3n) is 3.46. The number of benzene rings is 2. The fourth-order valence-electron chi connectivity index (χ4n) is 2.47. The Morgan fingerprint density at radius 1 is 1.14 bits per heavy atom. The molecule has 21 heavy (non-hydrogen) atoms. The van der Waals surface area contributed by atoms with Crippen LogP contribution in [0.2, 0.25) is 5.02 Å². The number of rotatable bonds is 2. The van der Waals surface area contributed by atoms with Crippen molar-refractivity contribution in [3.05, 3.63) is 64.7 Å². The molecule has 0 saturated carbocycles. The normalized spacial score (nSPS) is 18.1. The molecule has 1 N–H and O–H groups in total. The average molecular weight is 299 g/mol. The molecule has 0 fully saturated rings. The fraction of sp³-hybridized carbons (Fsp3) is 0.176. The smallest absolute Gasteiger partial charge is 0.121 e. The van der Waals surface area contributed by atoms with Gasteiger partial charge in [-0.2, -0.15) is 0 Å². The summed E-state index contributed by atoms with van der Waals surface area (Å²) in [6.07, 6.45) is 0.711. The van der Waals surface area contributed by atoms with Crippen molar-refractivity contribution in [2.75, 3.05) is 0 Å². The van der Waals surface area contributed by atoms with E-state index < -0.39 is 0 Å². The molecular weight excluding hydrogens is 284 g/mol. The van der Waals surface area contributed by atoms with Crippen LogP contribution in [0.1, 0.15) is 30.5 Å². The van der Waals surface area contributed by atoms with E-state index in [1.54, 1.807) is 12.1 Å². The summed E-state index contributed by atoms with van der Waals surface area (Å²) in [5.41, 5.74) is 2.99. The summed E-state index contributed by atoms with van der Waals surface area (Å²) in [5.74, 6) is 0.998. The highest BCUT2D eigenvalue weighted by Crippen LogP contribution is 2.28. The summed E-state index contributed by atoms with van der Waals surface area (Å²) < 4.78 is 0. The first-order valence-electron chi connectivity index (χ1n) is 6.78. The Hall–Kier alpha value is -2.13. The van der Waals surface area contributed by atoms with Crippen molar-refractivity contribution in [2.24, 2.45) is 9.98 Å². The van der Waals surface area contributed by atoms with Crippen molar-refractivity contribution in [3.8, 4) is 5.75 Å². The topological polar surface area (TPSA) is 45.0 Å².